The van der Waals surface area contributed by atoms with E-state index in [4.69, 9.17) is 9.26 Å². The summed E-state index contributed by atoms with van der Waals surface area (Å²) in [7, 11) is -3.10. The van der Waals surface area contributed by atoms with Crippen LogP contribution in [0.4, 0.5) is 18.9 Å². The van der Waals surface area contributed by atoms with E-state index >= 15 is 0 Å². The molecule has 13 heteroatoms. The number of alkyl halides is 3. The lowest BCUT2D eigenvalue weighted by Crippen LogP contribution is -2.10. The van der Waals surface area contributed by atoms with Crippen molar-refractivity contribution in [2.24, 2.45) is 0 Å². The molecule has 1 unspecified atom stereocenters. The number of nitro benzene ring substituents is 1. The molecular weight excluding hydrogens is 512 g/mol. The molecule has 37 heavy (non-hydrogen) atoms. The minimum atomic E-state index is -4.43. The van der Waals surface area contributed by atoms with Crippen LogP contribution in [-0.4, -0.2) is 45.4 Å². The van der Waals surface area contributed by atoms with Crippen LogP contribution in [-0.2, 0) is 15.3 Å². The standard InChI is InChI=1S/C24H22F3N4O5P/c1-16(36-37(34,29-10-11-29)30-12-13-30)18-4-9-22(31(32)33)23(14-18)35-20-7-8-21(28-15-20)17-2-5-19(6-3-17)24(25,26)27/h2-9,14-16H,10-13H2,1H3. The number of hydrogen-bond acceptors (Lipinski definition) is 6. The minimum absolute atomic E-state index is 0.0460. The van der Waals surface area contributed by atoms with Crippen LogP contribution in [0.5, 0.6) is 11.5 Å². The van der Waals surface area contributed by atoms with Gasteiger partial charge in [-0.25, -0.2) is 9.34 Å². The van der Waals surface area contributed by atoms with E-state index in [1.165, 1.54) is 42.6 Å². The quantitative estimate of drug-likeness (QED) is 0.137. The molecule has 0 saturated carbocycles. The largest absolute Gasteiger partial charge is 0.448 e. The first-order valence-electron chi connectivity index (χ1n) is 11.4. The van der Waals surface area contributed by atoms with Crippen LogP contribution in [0.25, 0.3) is 11.3 Å². The number of benzene rings is 2. The molecule has 2 aliphatic rings. The van der Waals surface area contributed by atoms with Crippen molar-refractivity contribution in [1.82, 2.24) is 14.3 Å². The van der Waals surface area contributed by atoms with Gasteiger partial charge in [-0.05, 0) is 48.9 Å². The van der Waals surface area contributed by atoms with Gasteiger partial charge in [0, 0.05) is 37.8 Å². The Morgan fingerprint density at radius 1 is 1.03 bits per heavy atom. The molecule has 2 aliphatic heterocycles. The van der Waals surface area contributed by atoms with Crippen molar-refractivity contribution in [3.8, 4) is 22.8 Å². The summed E-state index contributed by atoms with van der Waals surface area (Å²) in [4.78, 5) is 15.2. The maximum absolute atomic E-state index is 13.3. The second kappa shape index (κ2) is 9.53. The molecule has 194 valence electrons. The average Bonchev–Trinajstić information content (AvgIpc) is 3.76. The molecule has 5 rings (SSSR count). The van der Waals surface area contributed by atoms with Gasteiger partial charge >= 0.3 is 19.5 Å². The monoisotopic (exact) mass is 534 g/mol. The van der Waals surface area contributed by atoms with Gasteiger partial charge in [0.05, 0.1) is 28.5 Å². The lowest BCUT2D eigenvalue weighted by atomic mass is 10.1. The molecule has 3 heterocycles. The fraction of sp³-hybridized carbons (Fsp3) is 0.292. The van der Waals surface area contributed by atoms with Crippen molar-refractivity contribution in [2.45, 2.75) is 19.2 Å². The van der Waals surface area contributed by atoms with Crippen LogP contribution < -0.4 is 4.74 Å². The van der Waals surface area contributed by atoms with Gasteiger partial charge in [0.1, 0.15) is 5.75 Å². The van der Waals surface area contributed by atoms with Crippen LogP contribution in [0, 0.1) is 10.1 Å². The predicted molar refractivity (Wildman–Crippen MR) is 128 cm³/mol. The molecule has 2 aromatic carbocycles. The highest BCUT2D eigenvalue weighted by Gasteiger charge is 2.50. The van der Waals surface area contributed by atoms with E-state index in [1.807, 2.05) is 0 Å². The first-order chi connectivity index (χ1) is 17.5. The number of nitro groups is 1. The van der Waals surface area contributed by atoms with Gasteiger partial charge in [-0.3, -0.25) is 24.2 Å². The topological polar surface area (TPSA) is 97.6 Å². The molecule has 0 bridgehead atoms. The minimum Gasteiger partial charge on any atom is -0.448 e. The van der Waals surface area contributed by atoms with E-state index in [-0.39, 0.29) is 17.2 Å². The van der Waals surface area contributed by atoms with Gasteiger partial charge in [0.15, 0.2) is 0 Å². The summed E-state index contributed by atoms with van der Waals surface area (Å²) in [5.74, 6) is 0.152. The van der Waals surface area contributed by atoms with Gasteiger partial charge in [0.25, 0.3) is 0 Å². The summed E-state index contributed by atoms with van der Waals surface area (Å²) >= 11 is 0. The Balaban J connectivity index is 1.35. The predicted octanol–water partition coefficient (Wildman–Crippen LogP) is 6.28. The van der Waals surface area contributed by atoms with Crippen LogP contribution in [0.2, 0.25) is 0 Å². The van der Waals surface area contributed by atoms with E-state index in [9.17, 15) is 27.9 Å². The Bertz CT molecular complexity index is 1340. The average molecular weight is 534 g/mol. The summed E-state index contributed by atoms with van der Waals surface area (Å²) < 4.78 is 67.0. The molecule has 1 atom stereocenters. The van der Waals surface area contributed by atoms with Crippen molar-refractivity contribution in [3.05, 3.63) is 82.0 Å². The molecule has 9 nitrogen and oxygen atoms in total. The first kappa shape index (κ1) is 25.3. The van der Waals surface area contributed by atoms with Gasteiger partial charge in [0.2, 0.25) is 5.75 Å². The van der Waals surface area contributed by atoms with Crippen LogP contribution >= 0.6 is 7.67 Å². The van der Waals surface area contributed by atoms with E-state index in [0.717, 1.165) is 12.1 Å². The summed E-state index contributed by atoms with van der Waals surface area (Å²) in [5, 5.41) is 11.6. The molecule has 0 amide bonds. The maximum atomic E-state index is 13.3. The molecule has 2 saturated heterocycles. The SMILES string of the molecule is CC(OP(=O)(N1CC1)N1CC1)c1ccc([N+](=O)[O-])c(Oc2ccc(-c3ccc(C(F)(F)F)cc3)nc2)c1. The van der Waals surface area contributed by atoms with Gasteiger partial charge in [-0.2, -0.15) is 13.2 Å². The third-order valence-corrected chi connectivity index (χ3v) is 8.80. The third-order valence-electron chi connectivity index (χ3n) is 5.98. The smallest absolute Gasteiger partial charge is 0.416 e. The maximum Gasteiger partial charge on any atom is 0.416 e. The molecule has 0 spiro atoms. The van der Waals surface area contributed by atoms with Crippen molar-refractivity contribution in [3.63, 3.8) is 0 Å². The van der Waals surface area contributed by atoms with Gasteiger partial charge in [-0.15, -0.1) is 0 Å². The first-order valence-corrected chi connectivity index (χ1v) is 13.0. The highest BCUT2D eigenvalue weighted by molar-refractivity contribution is 7.54. The van der Waals surface area contributed by atoms with Gasteiger partial charge < -0.3 is 4.74 Å². The van der Waals surface area contributed by atoms with E-state index in [0.29, 0.717) is 43.0 Å². The van der Waals surface area contributed by atoms with Crippen LogP contribution in [0.15, 0.2) is 60.8 Å². The Kier molecular flexibility index (Phi) is 6.53. The molecule has 2 fully saturated rings. The van der Waals surface area contributed by atoms with E-state index < -0.39 is 30.4 Å². The number of nitrogens with zero attached hydrogens (tertiary/aromatic N) is 4. The van der Waals surface area contributed by atoms with E-state index in [2.05, 4.69) is 4.98 Å². The Labute approximate surface area is 210 Å². The number of ether oxygens (including phenoxy) is 1. The highest BCUT2D eigenvalue weighted by Crippen LogP contribution is 2.63. The second-order valence-corrected chi connectivity index (χ2v) is 11.0. The molecule has 1 aromatic heterocycles. The summed E-state index contributed by atoms with van der Waals surface area (Å²) in [6.07, 6.45) is -3.72. The summed E-state index contributed by atoms with van der Waals surface area (Å²) in [6.45, 7) is 4.52. The van der Waals surface area contributed by atoms with Crippen molar-refractivity contribution < 1.29 is 31.9 Å². The van der Waals surface area contributed by atoms with Crippen molar-refractivity contribution >= 4 is 13.4 Å². The Hall–Kier alpha value is -3.31. The van der Waals surface area contributed by atoms with Crippen LogP contribution in [0.3, 0.4) is 0 Å². The molecular formula is C24H22F3N4O5P. The van der Waals surface area contributed by atoms with Gasteiger partial charge in [-0.1, -0.05) is 12.1 Å². The number of pyridine rings is 1. The lowest BCUT2D eigenvalue weighted by Gasteiger charge is -2.24. The molecule has 3 aromatic rings. The van der Waals surface area contributed by atoms with Crippen LogP contribution in [0.1, 0.15) is 24.2 Å². The van der Waals surface area contributed by atoms with E-state index in [1.54, 1.807) is 22.3 Å². The lowest BCUT2D eigenvalue weighted by molar-refractivity contribution is -0.385. The fourth-order valence-electron chi connectivity index (χ4n) is 3.76. The zero-order chi connectivity index (χ0) is 26.4. The highest BCUT2D eigenvalue weighted by atomic mass is 31.2. The second-order valence-electron chi connectivity index (χ2n) is 8.69. The normalized spacial score (nSPS) is 16.9. The number of hydrogen-bond donors (Lipinski definition) is 0. The molecule has 0 radical (unpaired) electrons. The number of halogens is 3. The molecule has 0 aliphatic carbocycles. The zero-order valence-electron chi connectivity index (χ0n) is 19.6. The Morgan fingerprint density at radius 2 is 1.68 bits per heavy atom. The fourth-order valence-corrected chi connectivity index (χ4v) is 6.11. The number of aromatic nitrogens is 1. The third kappa shape index (κ3) is 5.52. The summed E-state index contributed by atoms with van der Waals surface area (Å²) in [5.41, 5.74) is 0.399. The number of rotatable bonds is 9. The summed E-state index contributed by atoms with van der Waals surface area (Å²) in [6, 6.07) is 12.0. The zero-order valence-corrected chi connectivity index (χ0v) is 20.5. The Morgan fingerprint density at radius 3 is 2.19 bits per heavy atom. The molecule has 0 N–H and O–H groups in total. The van der Waals surface area contributed by atoms with Crippen molar-refractivity contribution in [1.29, 1.82) is 0 Å². The van der Waals surface area contributed by atoms with Crippen molar-refractivity contribution in [2.75, 3.05) is 26.2 Å².